The number of rotatable bonds is 4. The van der Waals surface area contributed by atoms with Crippen LogP contribution in [0.4, 0.5) is 4.39 Å². The normalized spacial score (nSPS) is 17.8. The second-order valence-corrected chi connectivity index (χ2v) is 5.66. The van der Waals surface area contributed by atoms with Gasteiger partial charge < -0.3 is 0 Å². The maximum absolute atomic E-state index is 13.1. The Bertz CT molecular complexity index is 349. The van der Waals surface area contributed by atoms with Crippen LogP contribution in [-0.4, -0.2) is 4.83 Å². The molecule has 0 radical (unpaired) electrons. The summed E-state index contributed by atoms with van der Waals surface area (Å²) in [4.78, 5) is 0.567. The second-order valence-electron chi connectivity index (χ2n) is 4.11. The summed E-state index contributed by atoms with van der Waals surface area (Å²) in [6, 6.07) is 5.02. The van der Waals surface area contributed by atoms with Crippen LogP contribution in [0.25, 0.3) is 0 Å². The van der Waals surface area contributed by atoms with E-state index in [9.17, 15) is 4.39 Å². The zero-order valence-corrected chi connectivity index (χ0v) is 10.7. The number of halogens is 3. The highest BCUT2D eigenvalue weighted by molar-refractivity contribution is 9.09. The lowest BCUT2D eigenvalue weighted by molar-refractivity contribution is 0.623. The van der Waals surface area contributed by atoms with Crippen LogP contribution in [-0.2, 0) is 6.42 Å². The van der Waals surface area contributed by atoms with Crippen molar-refractivity contribution in [3.05, 3.63) is 34.6 Å². The van der Waals surface area contributed by atoms with Crippen LogP contribution in [0.15, 0.2) is 18.2 Å². The molecule has 0 bridgehead atoms. The van der Waals surface area contributed by atoms with E-state index in [1.54, 1.807) is 6.07 Å². The fourth-order valence-corrected chi connectivity index (χ4v) is 2.71. The van der Waals surface area contributed by atoms with Gasteiger partial charge in [0.05, 0.1) is 5.02 Å². The molecule has 3 heteroatoms. The third-order valence-corrected chi connectivity index (χ3v) is 4.48. The highest BCUT2D eigenvalue weighted by Crippen LogP contribution is 2.39. The molecule has 1 unspecified atom stereocenters. The Labute approximate surface area is 103 Å². The fourth-order valence-electron chi connectivity index (χ4n) is 1.73. The van der Waals surface area contributed by atoms with Gasteiger partial charge in [-0.05, 0) is 43.2 Å². The summed E-state index contributed by atoms with van der Waals surface area (Å²) in [5.74, 6) is 0.518. The third kappa shape index (κ3) is 2.94. The van der Waals surface area contributed by atoms with Crippen molar-refractivity contribution in [2.45, 2.75) is 30.5 Å². The van der Waals surface area contributed by atoms with E-state index in [4.69, 9.17) is 11.6 Å². The van der Waals surface area contributed by atoms with Crippen molar-refractivity contribution in [1.29, 1.82) is 0 Å². The molecule has 0 N–H and O–H groups in total. The average Bonchev–Trinajstić information content (AvgIpc) is 3.03. The molecule has 0 amide bonds. The van der Waals surface area contributed by atoms with Crippen LogP contribution in [0.1, 0.15) is 24.8 Å². The Morgan fingerprint density at radius 2 is 2.20 bits per heavy atom. The smallest absolute Gasteiger partial charge is 0.142 e. The summed E-state index contributed by atoms with van der Waals surface area (Å²) < 4.78 is 13.1. The van der Waals surface area contributed by atoms with Gasteiger partial charge in [-0.25, -0.2) is 4.39 Å². The summed E-state index contributed by atoms with van der Waals surface area (Å²) in [5, 5.41) is 0.285. The van der Waals surface area contributed by atoms with E-state index in [0.29, 0.717) is 4.83 Å². The molecule has 15 heavy (non-hydrogen) atoms. The number of benzene rings is 1. The fraction of sp³-hybridized carbons (Fsp3) is 0.500. The average molecular weight is 292 g/mol. The molecule has 0 spiro atoms. The number of alkyl halides is 1. The molecule has 1 saturated carbocycles. The molecule has 1 aromatic carbocycles. The maximum atomic E-state index is 13.1. The Kier molecular flexibility index (Phi) is 3.68. The van der Waals surface area contributed by atoms with E-state index < -0.39 is 0 Å². The van der Waals surface area contributed by atoms with E-state index in [1.807, 2.05) is 6.07 Å². The summed E-state index contributed by atoms with van der Waals surface area (Å²) in [7, 11) is 0. The van der Waals surface area contributed by atoms with E-state index in [2.05, 4.69) is 15.9 Å². The van der Waals surface area contributed by atoms with E-state index >= 15 is 0 Å². The minimum atomic E-state index is -0.313. The quantitative estimate of drug-likeness (QED) is 0.712. The first-order chi connectivity index (χ1) is 7.18. The molecule has 1 aromatic rings. The first-order valence-corrected chi connectivity index (χ1v) is 6.55. The van der Waals surface area contributed by atoms with Crippen molar-refractivity contribution < 1.29 is 4.39 Å². The van der Waals surface area contributed by atoms with Crippen molar-refractivity contribution >= 4 is 27.5 Å². The molecular weight excluding hydrogens is 278 g/mol. The first kappa shape index (κ1) is 11.4. The summed E-state index contributed by atoms with van der Waals surface area (Å²) in [6.45, 7) is 0. The monoisotopic (exact) mass is 290 g/mol. The maximum Gasteiger partial charge on any atom is 0.142 e. The van der Waals surface area contributed by atoms with Gasteiger partial charge in [-0.15, -0.1) is 0 Å². The van der Waals surface area contributed by atoms with Crippen molar-refractivity contribution in [3.63, 3.8) is 0 Å². The van der Waals surface area contributed by atoms with E-state index in [0.717, 1.165) is 24.3 Å². The van der Waals surface area contributed by atoms with Crippen LogP contribution in [0.5, 0.6) is 0 Å². The molecule has 0 aliphatic heterocycles. The van der Waals surface area contributed by atoms with E-state index in [1.165, 1.54) is 18.9 Å². The Morgan fingerprint density at radius 1 is 1.47 bits per heavy atom. The summed E-state index contributed by atoms with van der Waals surface area (Å²) in [5.41, 5.74) is 0.918. The second kappa shape index (κ2) is 4.84. The Balaban J connectivity index is 1.95. The largest absolute Gasteiger partial charge is 0.205 e. The van der Waals surface area contributed by atoms with Gasteiger partial charge in [-0.3, -0.25) is 0 Å². The highest BCUT2D eigenvalue weighted by Gasteiger charge is 2.28. The minimum absolute atomic E-state index is 0.285. The molecule has 0 saturated heterocycles. The van der Waals surface area contributed by atoms with Gasteiger partial charge in [0, 0.05) is 4.83 Å². The molecule has 1 atom stereocenters. The van der Waals surface area contributed by atoms with Crippen LogP contribution in [0.3, 0.4) is 0 Å². The predicted octanol–water partition coefficient (Wildman–Crippen LogP) is 4.59. The zero-order chi connectivity index (χ0) is 10.8. The lowest BCUT2D eigenvalue weighted by Crippen LogP contribution is -2.02. The van der Waals surface area contributed by atoms with Gasteiger partial charge in [-0.2, -0.15) is 0 Å². The summed E-state index contributed by atoms with van der Waals surface area (Å²) >= 11 is 9.55. The number of aryl methyl sites for hydroxylation is 1. The van der Waals surface area contributed by atoms with E-state index in [-0.39, 0.29) is 10.8 Å². The minimum Gasteiger partial charge on any atom is -0.205 e. The SMILES string of the molecule is Fc1cccc(CCC(Br)C2CC2)c1Cl. The van der Waals surface area contributed by atoms with Gasteiger partial charge in [0.25, 0.3) is 0 Å². The van der Waals surface area contributed by atoms with Crippen molar-refractivity contribution in [3.8, 4) is 0 Å². The highest BCUT2D eigenvalue weighted by atomic mass is 79.9. The van der Waals surface area contributed by atoms with Gasteiger partial charge in [-0.1, -0.05) is 39.7 Å². The van der Waals surface area contributed by atoms with Gasteiger partial charge >= 0.3 is 0 Å². The standard InChI is InChI=1S/C12H13BrClF/c13-10(8-4-5-8)7-6-9-2-1-3-11(15)12(9)14/h1-3,8,10H,4-7H2. The van der Waals surface area contributed by atoms with Gasteiger partial charge in [0.15, 0.2) is 0 Å². The predicted molar refractivity (Wildman–Crippen MR) is 65.2 cm³/mol. The van der Waals surface area contributed by atoms with Crippen molar-refractivity contribution in [2.75, 3.05) is 0 Å². The zero-order valence-electron chi connectivity index (χ0n) is 8.35. The van der Waals surface area contributed by atoms with Crippen LogP contribution in [0.2, 0.25) is 5.02 Å². The lowest BCUT2D eigenvalue weighted by Gasteiger charge is -2.09. The van der Waals surface area contributed by atoms with Crippen molar-refractivity contribution in [1.82, 2.24) is 0 Å². The third-order valence-electron chi connectivity index (χ3n) is 2.85. The van der Waals surface area contributed by atoms with Crippen LogP contribution >= 0.6 is 27.5 Å². The molecule has 0 nitrogen and oxygen atoms in total. The molecule has 0 aromatic heterocycles. The lowest BCUT2D eigenvalue weighted by atomic mass is 10.1. The molecule has 2 rings (SSSR count). The van der Waals surface area contributed by atoms with Gasteiger partial charge in [0.2, 0.25) is 0 Å². The molecule has 1 fully saturated rings. The van der Waals surface area contributed by atoms with Gasteiger partial charge in [0.1, 0.15) is 5.82 Å². The van der Waals surface area contributed by atoms with Crippen LogP contribution < -0.4 is 0 Å². The molecular formula is C12H13BrClF. The first-order valence-electron chi connectivity index (χ1n) is 5.25. The van der Waals surface area contributed by atoms with Crippen LogP contribution in [0, 0.1) is 11.7 Å². The number of hydrogen-bond donors (Lipinski definition) is 0. The Hall–Kier alpha value is -0.0800. The summed E-state index contributed by atoms with van der Waals surface area (Å²) in [6.07, 6.45) is 4.54. The Morgan fingerprint density at radius 3 is 2.87 bits per heavy atom. The molecule has 0 heterocycles. The molecule has 1 aliphatic rings. The molecule has 82 valence electrons. The molecule has 1 aliphatic carbocycles. The topological polar surface area (TPSA) is 0 Å². The number of hydrogen-bond acceptors (Lipinski definition) is 0. The van der Waals surface area contributed by atoms with Crippen molar-refractivity contribution in [2.24, 2.45) is 5.92 Å².